The molecule has 0 fully saturated rings. The van der Waals surface area contributed by atoms with Crippen LogP contribution in [0.5, 0.6) is 11.5 Å². The van der Waals surface area contributed by atoms with E-state index in [0.717, 1.165) is 5.56 Å². The maximum atomic E-state index is 12.9. The zero-order valence-electron chi connectivity index (χ0n) is 20.1. The molecule has 2 heterocycles. The van der Waals surface area contributed by atoms with Gasteiger partial charge in [0.15, 0.2) is 11.6 Å². The van der Waals surface area contributed by atoms with Gasteiger partial charge >= 0.3 is 6.61 Å². The lowest BCUT2D eigenvalue weighted by Gasteiger charge is -2.13. The van der Waals surface area contributed by atoms with Gasteiger partial charge in [-0.2, -0.15) is 8.78 Å². The van der Waals surface area contributed by atoms with Crippen LogP contribution in [0, 0.1) is 0 Å². The van der Waals surface area contributed by atoms with Crippen molar-refractivity contribution in [3.8, 4) is 23.0 Å². The molecule has 0 radical (unpaired) electrons. The molecule has 5 aromatic rings. The fourth-order valence-electron chi connectivity index (χ4n) is 3.86. The largest absolute Gasteiger partial charge is 0.497 e. The highest BCUT2D eigenvalue weighted by molar-refractivity contribution is 5.99. The fraction of sp³-hybridized carbons (Fsp3) is 0.107. The summed E-state index contributed by atoms with van der Waals surface area (Å²) in [6.45, 7) is -2.95. The first kappa shape index (κ1) is 24.7. The van der Waals surface area contributed by atoms with Gasteiger partial charge < -0.3 is 14.8 Å². The molecular formula is C28H21F2N5O3. The second-order valence-corrected chi connectivity index (χ2v) is 8.20. The molecule has 0 aliphatic carbocycles. The Morgan fingerprint density at radius 1 is 0.974 bits per heavy atom. The molecule has 190 valence electrons. The number of ether oxygens (including phenoxy) is 2. The Labute approximate surface area is 216 Å². The summed E-state index contributed by atoms with van der Waals surface area (Å²) in [7, 11) is 1.57. The zero-order valence-corrected chi connectivity index (χ0v) is 20.1. The van der Waals surface area contributed by atoms with Crippen LogP contribution in [0.3, 0.4) is 0 Å². The Kier molecular flexibility index (Phi) is 7.12. The molecule has 8 nitrogen and oxygen atoms in total. The highest BCUT2D eigenvalue weighted by atomic mass is 19.3. The van der Waals surface area contributed by atoms with Gasteiger partial charge in [-0.05, 0) is 54.1 Å². The fourth-order valence-corrected chi connectivity index (χ4v) is 3.86. The van der Waals surface area contributed by atoms with E-state index < -0.39 is 6.61 Å². The minimum absolute atomic E-state index is 0.00304. The molecule has 1 N–H and O–H groups in total. The molecule has 10 heteroatoms. The third kappa shape index (κ3) is 5.70. The van der Waals surface area contributed by atoms with Crippen molar-refractivity contribution in [1.82, 2.24) is 19.9 Å². The molecular weight excluding hydrogens is 492 g/mol. The zero-order chi connectivity index (χ0) is 26.5. The minimum atomic E-state index is -2.95. The predicted octanol–water partition coefficient (Wildman–Crippen LogP) is 5.87. The Bertz CT molecular complexity index is 1580. The summed E-state index contributed by atoms with van der Waals surface area (Å²) in [6.07, 6.45) is 4.79. The summed E-state index contributed by atoms with van der Waals surface area (Å²) in [6, 6.07) is 18.6. The second-order valence-electron chi connectivity index (χ2n) is 8.20. The SMILES string of the molecule is COc1ccc(C(=O)Cc2ccc3nc(-c4cnccn4)nc(Nc4cccc(OC(F)F)c4)c3c2)cc1. The van der Waals surface area contributed by atoms with E-state index in [-0.39, 0.29) is 18.0 Å². The Morgan fingerprint density at radius 2 is 1.82 bits per heavy atom. The molecule has 0 saturated carbocycles. The van der Waals surface area contributed by atoms with Crippen LogP contribution in [-0.4, -0.2) is 39.4 Å². The molecule has 2 aromatic heterocycles. The van der Waals surface area contributed by atoms with Gasteiger partial charge in [0.25, 0.3) is 0 Å². The van der Waals surface area contributed by atoms with E-state index in [9.17, 15) is 13.6 Å². The average molecular weight is 514 g/mol. The molecule has 5 rings (SSSR count). The summed E-state index contributed by atoms with van der Waals surface area (Å²) in [4.78, 5) is 30.5. The Morgan fingerprint density at radius 3 is 2.55 bits per heavy atom. The summed E-state index contributed by atoms with van der Waals surface area (Å²) in [5.74, 6) is 1.35. The van der Waals surface area contributed by atoms with Crippen molar-refractivity contribution in [3.05, 3.63) is 96.4 Å². The second kappa shape index (κ2) is 11.0. The molecule has 0 bridgehead atoms. The van der Waals surface area contributed by atoms with Gasteiger partial charge in [0.05, 0.1) is 18.8 Å². The van der Waals surface area contributed by atoms with E-state index in [1.54, 1.807) is 62.0 Å². The van der Waals surface area contributed by atoms with Crippen molar-refractivity contribution >= 4 is 28.2 Å². The quantitative estimate of drug-likeness (QED) is 0.245. The number of hydrogen-bond donors (Lipinski definition) is 1. The maximum absolute atomic E-state index is 12.9. The van der Waals surface area contributed by atoms with Crippen molar-refractivity contribution in [2.75, 3.05) is 12.4 Å². The summed E-state index contributed by atoms with van der Waals surface area (Å²) < 4.78 is 35.1. The number of carbonyl (C=O) groups excluding carboxylic acids is 1. The predicted molar refractivity (Wildman–Crippen MR) is 138 cm³/mol. The number of benzene rings is 3. The van der Waals surface area contributed by atoms with Crippen LogP contribution in [0.15, 0.2) is 85.3 Å². The van der Waals surface area contributed by atoms with E-state index in [1.807, 2.05) is 12.1 Å². The van der Waals surface area contributed by atoms with E-state index in [2.05, 4.69) is 30.0 Å². The van der Waals surface area contributed by atoms with E-state index >= 15 is 0 Å². The minimum Gasteiger partial charge on any atom is -0.497 e. The summed E-state index contributed by atoms with van der Waals surface area (Å²) >= 11 is 0. The molecule has 0 aliphatic heterocycles. The lowest BCUT2D eigenvalue weighted by atomic mass is 10.0. The number of alkyl halides is 2. The number of halogens is 2. The van der Waals surface area contributed by atoms with E-state index in [1.165, 1.54) is 18.3 Å². The van der Waals surface area contributed by atoms with Gasteiger partial charge in [0, 0.05) is 41.5 Å². The van der Waals surface area contributed by atoms with Gasteiger partial charge in [0.2, 0.25) is 0 Å². The molecule has 0 spiro atoms. The Balaban J connectivity index is 1.52. The van der Waals surface area contributed by atoms with E-state index in [4.69, 9.17) is 4.74 Å². The molecule has 0 aliphatic rings. The summed E-state index contributed by atoms with van der Waals surface area (Å²) in [5.41, 5.74) is 2.86. The van der Waals surface area contributed by atoms with Gasteiger partial charge in [-0.15, -0.1) is 0 Å². The van der Waals surface area contributed by atoms with Crippen LogP contribution < -0.4 is 14.8 Å². The number of ketones is 1. The molecule has 0 amide bonds. The van der Waals surface area contributed by atoms with Crippen molar-refractivity contribution in [2.45, 2.75) is 13.0 Å². The Hall–Kier alpha value is -4.99. The lowest BCUT2D eigenvalue weighted by molar-refractivity contribution is -0.0498. The number of hydrogen-bond acceptors (Lipinski definition) is 8. The lowest BCUT2D eigenvalue weighted by Crippen LogP contribution is -2.05. The smallest absolute Gasteiger partial charge is 0.387 e. The molecule has 0 atom stereocenters. The van der Waals surface area contributed by atoms with Crippen LogP contribution in [0.4, 0.5) is 20.3 Å². The van der Waals surface area contributed by atoms with Gasteiger partial charge in [-0.25, -0.2) is 15.0 Å². The maximum Gasteiger partial charge on any atom is 0.387 e. The van der Waals surface area contributed by atoms with Crippen molar-refractivity contribution in [3.63, 3.8) is 0 Å². The van der Waals surface area contributed by atoms with Gasteiger partial charge in [-0.3, -0.25) is 9.78 Å². The molecule has 38 heavy (non-hydrogen) atoms. The van der Waals surface area contributed by atoms with Crippen molar-refractivity contribution in [2.24, 2.45) is 0 Å². The molecule has 0 unspecified atom stereocenters. The van der Waals surface area contributed by atoms with Crippen LogP contribution in [-0.2, 0) is 6.42 Å². The number of aromatic nitrogens is 4. The number of fused-ring (bicyclic) bond motifs is 1. The monoisotopic (exact) mass is 513 g/mol. The normalized spacial score (nSPS) is 10.9. The molecule has 3 aromatic carbocycles. The average Bonchev–Trinajstić information content (AvgIpc) is 2.93. The van der Waals surface area contributed by atoms with Gasteiger partial charge in [-0.1, -0.05) is 12.1 Å². The number of rotatable bonds is 9. The number of nitrogens with one attached hydrogen (secondary N) is 1. The third-order valence-corrected chi connectivity index (χ3v) is 5.65. The van der Waals surface area contributed by atoms with Crippen LogP contribution >= 0.6 is 0 Å². The first-order chi connectivity index (χ1) is 18.5. The van der Waals surface area contributed by atoms with Crippen LogP contribution in [0.1, 0.15) is 15.9 Å². The number of methoxy groups -OCH3 is 1. The number of carbonyl (C=O) groups is 1. The highest BCUT2D eigenvalue weighted by Crippen LogP contribution is 2.29. The standard InChI is InChI=1S/C28H21F2N5O3/c1-37-20-8-6-18(7-9-20)25(36)14-17-5-10-23-22(13-17)26(35-27(34-23)24-16-31-11-12-32-24)33-19-3-2-4-21(15-19)38-28(29)30/h2-13,15-16,28H,14H2,1H3,(H,33,34,35). The molecule has 0 saturated heterocycles. The topological polar surface area (TPSA) is 99.1 Å². The van der Waals surface area contributed by atoms with E-state index in [0.29, 0.717) is 45.2 Å². The number of anilines is 2. The van der Waals surface area contributed by atoms with Crippen LogP contribution in [0.25, 0.3) is 22.4 Å². The highest BCUT2D eigenvalue weighted by Gasteiger charge is 2.14. The number of nitrogens with zero attached hydrogens (tertiary/aromatic N) is 4. The first-order valence-corrected chi connectivity index (χ1v) is 11.5. The summed E-state index contributed by atoms with van der Waals surface area (Å²) in [5, 5.41) is 3.81. The van der Waals surface area contributed by atoms with Crippen molar-refractivity contribution in [1.29, 1.82) is 0 Å². The first-order valence-electron chi connectivity index (χ1n) is 11.5. The number of Topliss-reactive ketones (excluding diaryl/α,β-unsaturated/α-hetero) is 1. The third-order valence-electron chi connectivity index (χ3n) is 5.65. The van der Waals surface area contributed by atoms with Crippen molar-refractivity contribution < 1.29 is 23.0 Å². The van der Waals surface area contributed by atoms with Gasteiger partial charge in [0.1, 0.15) is 23.0 Å². The van der Waals surface area contributed by atoms with Crippen LogP contribution in [0.2, 0.25) is 0 Å².